The van der Waals surface area contributed by atoms with Gasteiger partial charge in [-0.2, -0.15) is 13.8 Å². The van der Waals surface area contributed by atoms with Crippen LogP contribution in [0.25, 0.3) is 0 Å². The van der Waals surface area contributed by atoms with Crippen LogP contribution in [0.3, 0.4) is 0 Å². The monoisotopic (exact) mass is 227 g/mol. The summed E-state index contributed by atoms with van der Waals surface area (Å²) in [6, 6.07) is 0. The molecule has 1 heteroatoms. The van der Waals surface area contributed by atoms with E-state index in [1.54, 1.807) is 0 Å². The summed E-state index contributed by atoms with van der Waals surface area (Å²) >= 11 is 0. The van der Waals surface area contributed by atoms with E-state index in [9.17, 15) is 0 Å². The molecule has 0 aliphatic rings. The minimum Gasteiger partial charge on any atom is -0.335 e. The average molecular weight is 227 g/mol. The van der Waals surface area contributed by atoms with Gasteiger partial charge in [-0.25, -0.2) is 0 Å². The molecule has 0 unspecified atom stereocenters. The number of hydrogen-bond acceptors (Lipinski definition) is 0. The Morgan fingerprint density at radius 3 is 1.25 bits per heavy atom. The molecule has 4 heavy (non-hydrogen) atoms. The molecule has 0 radical (unpaired) electrons. The first-order valence-electron chi connectivity index (χ1n) is 1.15. The second-order valence-electron chi connectivity index (χ2n) is 0.577. The van der Waals surface area contributed by atoms with Gasteiger partial charge in [0.05, 0.1) is 0 Å². The molecule has 0 aromatic heterocycles. The fourth-order valence-corrected chi connectivity index (χ4v) is 0. The molecule has 0 atom stereocenters. The van der Waals surface area contributed by atoms with Gasteiger partial charge in [-0.15, -0.1) is 0 Å². The molecule has 0 heterocycles. The Kier molecular flexibility index (Phi) is 20.6. The molecule has 0 aromatic rings. The third kappa shape index (κ3) is 16.2. The van der Waals surface area contributed by atoms with Gasteiger partial charge in [0.1, 0.15) is 0 Å². The van der Waals surface area contributed by atoms with E-state index in [-0.39, 0.29) is 21.1 Å². The number of hydrogen-bond donors (Lipinski definition) is 0. The van der Waals surface area contributed by atoms with Gasteiger partial charge in [-0.1, -0.05) is 0 Å². The zero-order chi connectivity index (χ0) is 2.71. The van der Waals surface area contributed by atoms with Gasteiger partial charge in [-0.05, 0) is 0 Å². The third-order valence-electron chi connectivity index (χ3n) is 0. The Hall–Kier alpha value is 0.688. The van der Waals surface area contributed by atoms with Crippen LogP contribution in [0.15, 0.2) is 0 Å². The molecule has 0 saturated carbocycles. The van der Waals surface area contributed by atoms with E-state index < -0.39 is 0 Å². The molecular weight excluding hydrogens is 220 g/mol. The second kappa shape index (κ2) is 9.35. The second-order valence-corrected chi connectivity index (χ2v) is 0.577. The van der Waals surface area contributed by atoms with Gasteiger partial charge in [0, 0.05) is 21.1 Å². The Balaban J connectivity index is 0. The van der Waals surface area contributed by atoms with Crippen LogP contribution < -0.4 is 0 Å². The van der Waals surface area contributed by atoms with E-state index in [0.29, 0.717) is 0 Å². The quantitative estimate of drug-likeness (QED) is 0.546. The molecule has 0 aliphatic carbocycles. The van der Waals surface area contributed by atoms with Crippen molar-refractivity contribution < 1.29 is 21.1 Å². The largest absolute Gasteiger partial charge is 0.335 e. The molecule has 0 spiro atoms. The van der Waals surface area contributed by atoms with Crippen molar-refractivity contribution in [3.63, 3.8) is 0 Å². The first kappa shape index (κ1) is 8.82. The van der Waals surface area contributed by atoms with Gasteiger partial charge in [0.25, 0.3) is 0 Å². The van der Waals surface area contributed by atoms with Crippen LogP contribution in [-0.4, -0.2) is 0 Å². The van der Waals surface area contributed by atoms with Crippen molar-refractivity contribution in [2.24, 2.45) is 0 Å². The molecule has 0 rings (SSSR count). The predicted octanol–water partition coefficient (Wildman–Crippen LogP) is 1.23. The number of rotatable bonds is 0. The molecule has 0 nitrogen and oxygen atoms in total. The van der Waals surface area contributed by atoms with E-state index in [2.05, 4.69) is 0 Å². The van der Waals surface area contributed by atoms with Crippen molar-refractivity contribution >= 4 is 0 Å². The molecule has 0 amide bonds. The van der Waals surface area contributed by atoms with Crippen LogP contribution in [0, 0.1) is 6.42 Å². The van der Waals surface area contributed by atoms with Crippen LogP contribution in [0.2, 0.25) is 0 Å². The molecule has 0 saturated heterocycles. The van der Waals surface area contributed by atoms with Gasteiger partial charge < -0.3 is 6.42 Å². The fourth-order valence-electron chi connectivity index (χ4n) is 0. The minimum atomic E-state index is 0. The molecule has 0 aromatic carbocycles. The van der Waals surface area contributed by atoms with Crippen LogP contribution in [-0.2, 0) is 21.1 Å². The topological polar surface area (TPSA) is 0 Å². The van der Waals surface area contributed by atoms with Crippen molar-refractivity contribution in [3.8, 4) is 0 Å². The van der Waals surface area contributed by atoms with Crippen LogP contribution in [0.1, 0.15) is 13.8 Å². The van der Waals surface area contributed by atoms with Crippen molar-refractivity contribution in [2.45, 2.75) is 13.8 Å². The summed E-state index contributed by atoms with van der Waals surface area (Å²) in [5, 5.41) is 0. The Morgan fingerprint density at radius 2 is 1.25 bits per heavy atom. The SMILES string of the molecule is C[CH-]C.[W]. The fraction of sp³-hybridized carbons (Fsp3) is 0.667. The normalized spacial score (nSPS) is 4.50. The van der Waals surface area contributed by atoms with E-state index >= 15 is 0 Å². The van der Waals surface area contributed by atoms with Crippen LogP contribution in [0.4, 0.5) is 0 Å². The summed E-state index contributed by atoms with van der Waals surface area (Å²) in [4.78, 5) is 0. The molecule has 0 fully saturated rings. The smallest absolute Gasteiger partial charge is 0 e. The maximum atomic E-state index is 2.00. The zero-order valence-corrected chi connectivity index (χ0v) is 5.92. The first-order valence-corrected chi connectivity index (χ1v) is 1.15. The molecular formula is C3H7W-. The maximum absolute atomic E-state index is 2.00. The summed E-state index contributed by atoms with van der Waals surface area (Å²) < 4.78 is 0. The van der Waals surface area contributed by atoms with E-state index in [1.807, 2.05) is 20.3 Å². The van der Waals surface area contributed by atoms with Crippen molar-refractivity contribution in [1.82, 2.24) is 0 Å². The van der Waals surface area contributed by atoms with Gasteiger partial charge in [0.15, 0.2) is 0 Å². The van der Waals surface area contributed by atoms with Crippen LogP contribution >= 0.6 is 0 Å². The summed E-state index contributed by atoms with van der Waals surface area (Å²) in [7, 11) is 0. The molecule has 0 aliphatic heterocycles. The van der Waals surface area contributed by atoms with Crippen molar-refractivity contribution in [1.29, 1.82) is 0 Å². The van der Waals surface area contributed by atoms with Gasteiger partial charge in [-0.3, -0.25) is 0 Å². The van der Waals surface area contributed by atoms with Crippen LogP contribution in [0.5, 0.6) is 0 Å². The third-order valence-corrected chi connectivity index (χ3v) is 0. The minimum absolute atomic E-state index is 0. The molecule has 0 N–H and O–H groups in total. The molecule has 0 bridgehead atoms. The zero-order valence-electron chi connectivity index (χ0n) is 2.99. The van der Waals surface area contributed by atoms with E-state index in [4.69, 9.17) is 0 Å². The Morgan fingerprint density at radius 1 is 1.25 bits per heavy atom. The average Bonchev–Trinajstić information content (AvgIpc) is 0.918. The Bertz CT molecular complexity index is 3.25. The first-order chi connectivity index (χ1) is 1.41. The summed E-state index contributed by atoms with van der Waals surface area (Å²) in [6.07, 6.45) is 2.00. The van der Waals surface area contributed by atoms with Crippen molar-refractivity contribution in [3.05, 3.63) is 6.42 Å². The standard InChI is InChI=1S/C3H7.W/c1-3-2;/h3H,1-2H3;/q-1;. The maximum Gasteiger partial charge on any atom is 0 e. The van der Waals surface area contributed by atoms with Gasteiger partial charge in [0.2, 0.25) is 0 Å². The molecule has 26 valence electrons. The summed E-state index contributed by atoms with van der Waals surface area (Å²) in [6.45, 7) is 4.00. The Labute approximate surface area is 41.9 Å². The van der Waals surface area contributed by atoms with Crippen molar-refractivity contribution in [2.75, 3.05) is 0 Å². The summed E-state index contributed by atoms with van der Waals surface area (Å²) in [5.41, 5.74) is 0. The summed E-state index contributed by atoms with van der Waals surface area (Å²) in [5.74, 6) is 0. The van der Waals surface area contributed by atoms with E-state index in [0.717, 1.165) is 0 Å². The predicted molar refractivity (Wildman–Crippen MR) is 15.6 cm³/mol. The van der Waals surface area contributed by atoms with Gasteiger partial charge >= 0.3 is 0 Å². The van der Waals surface area contributed by atoms with E-state index in [1.165, 1.54) is 0 Å².